The summed E-state index contributed by atoms with van der Waals surface area (Å²) in [7, 11) is 0. The average Bonchev–Trinajstić information content (AvgIpc) is 2.01. The predicted molar refractivity (Wildman–Crippen MR) is 51.6 cm³/mol. The second kappa shape index (κ2) is 3.74. The molecule has 0 aliphatic carbocycles. The smallest absolute Gasteiger partial charge is 0.133 e. The van der Waals surface area contributed by atoms with Crippen molar-refractivity contribution in [1.29, 1.82) is 0 Å². The van der Waals surface area contributed by atoms with Crippen LogP contribution in [0.3, 0.4) is 0 Å². The molecule has 0 aromatic carbocycles. The molecule has 0 amide bonds. The minimum Gasteiger partial charge on any atom is -0.244 e. The molecule has 1 aromatic rings. The number of alkyl halides is 1. The average molecular weight is 255 g/mol. The molecule has 0 saturated heterocycles. The summed E-state index contributed by atoms with van der Waals surface area (Å²) in [6.07, 6.45) is 1.67. The maximum atomic E-state index is 5.94. The fraction of sp³-hybridized carbons (Fsp3) is 0.286. The molecule has 1 heterocycles. The monoisotopic (exact) mass is 253 g/mol. The van der Waals surface area contributed by atoms with Crippen LogP contribution in [0.1, 0.15) is 11.1 Å². The Labute approximate surface area is 83.9 Å². The molecule has 0 unspecified atom stereocenters. The van der Waals surface area contributed by atoms with Gasteiger partial charge in [-0.2, -0.15) is 0 Å². The normalized spacial score (nSPS) is 10.2. The van der Waals surface area contributed by atoms with Gasteiger partial charge in [0, 0.05) is 17.1 Å². The molecule has 60 valence electrons. The molecule has 1 aromatic heterocycles. The third-order valence-electron chi connectivity index (χ3n) is 1.40. The second-order valence-corrected chi connectivity index (χ2v) is 3.44. The van der Waals surface area contributed by atoms with Gasteiger partial charge in [0.2, 0.25) is 0 Å². The lowest BCUT2D eigenvalue weighted by atomic mass is 10.2. The molecule has 0 atom stereocenters. The van der Waals surface area contributed by atoms with Gasteiger partial charge in [-0.1, -0.05) is 39.1 Å². The lowest BCUT2D eigenvalue weighted by Crippen LogP contribution is -1.88. The summed E-state index contributed by atoms with van der Waals surface area (Å²) in [5, 5.41) is 1.87. The number of pyridine rings is 1. The largest absolute Gasteiger partial charge is 0.244 e. The van der Waals surface area contributed by atoms with Gasteiger partial charge in [0.25, 0.3) is 0 Å². The molecule has 1 rings (SSSR count). The SMILES string of the molecule is Cc1c(Cl)ncc(CBr)c1Cl. The van der Waals surface area contributed by atoms with Crippen LogP contribution in [0.15, 0.2) is 6.20 Å². The zero-order valence-electron chi connectivity index (χ0n) is 5.87. The molecule has 11 heavy (non-hydrogen) atoms. The highest BCUT2D eigenvalue weighted by atomic mass is 79.9. The highest BCUT2D eigenvalue weighted by Crippen LogP contribution is 2.26. The van der Waals surface area contributed by atoms with Crippen molar-refractivity contribution >= 4 is 39.1 Å². The van der Waals surface area contributed by atoms with Crippen molar-refractivity contribution in [3.05, 3.63) is 27.5 Å². The van der Waals surface area contributed by atoms with Crippen LogP contribution in [0.25, 0.3) is 0 Å². The molecule has 4 heteroatoms. The number of halogens is 3. The van der Waals surface area contributed by atoms with Gasteiger partial charge < -0.3 is 0 Å². The van der Waals surface area contributed by atoms with Crippen LogP contribution >= 0.6 is 39.1 Å². The fourth-order valence-corrected chi connectivity index (χ4v) is 1.70. The Balaban J connectivity index is 3.25. The highest BCUT2D eigenvalue weighted by molar-refractivity contribution is 9.08. The van der Waals surface area contributed by atoms with E-state index < -0.39 is 0 Å². The Bertz CT molecular complexity index is 275. The number of hydrogen-bond donors (Lipinski definition) is 0. The van der Waals surface area contributed by atoms with Gasteiger partial charge in [0.1, 0.15) is 5.15 Å². The van der Waals surface area contributed by atoms with Crippen LogP contribution in [0.5, 0.6) is 0 Å². The summed E-state index contributed by atoms with van der Waals surface area (Å²) in [5.74, 6) is 0. The standard InChI is InChI=1S/C7H6BrCl2N/c1-4-6(9)5(2-8)3-11-7(4)10/h3H,2H2,1H3. The minimum atomic E-state index is 0.472. The fourth-order valence-electron chi connectivity index (χ4n) is 0.713. The Kier molecular flexibility index (Phi) is 3.16. The molecule has 0 N–H and O–H groups in total. The zero-order chi connectivity index (χ0) is 8.43. The highest BCUT2D eigenvalue weighted by Gasteiger charge is 2.05. The van der Waals surface area contributed by atoms with E-state index in [2.05, 4.69) is 20.9 Å². The van der Waals surface area contributed by atoms with E-state index in [1.165, 1.54) is 0 Å². The summed E-state index contributed by atoms with van der Waals surface area (Å²) in [6.45, 7) is 1.85. The molecule has 0 spiro atoms. The molecule has 0 fully saturated rings. The van der Waals surface area contributed by atoms with Crippen molar-refractivity contribution in [1.82, 2.24) is 4.98 Å². The van der Waals surface area contributed by atoms with E-state index in [9.17, 15) is 0 Å². The molecule has 0 aliphatic heterocycles. The number of nitrogens with zero attached hydrogens (tertiary/aromatic N) is 1. The predicted octanol–water partition coefficient (Wildman–Crippen LogP) is 3.59. The number of aromatic nitrogens is 1. The van der Waals surface area contributed by atoms with Crippen molar-refractivity contribution in [3.8, 4) is 0 Å². The lowest BCUT2D eigenvalue weighted by molar-refractivity contribution is 1.21. The number of hydrogen-bond acceptors (Lipinski definition) is 1. The van der Waals surface area contributed by atoms with Crippen molar-refractivity contribution in [2.45, 2.75) is 12.3 Å². The van der Waals surface area contributed by atoms with E-state index >= 15 is 0 Å². The van der Waals surface area contributed by atoms with E-state index in [1.54, 1.807) is 6.20 Å². The van der Waals surface area contributed by atoms with Gasteiger partial charge in [0.15, 0.2) is 0 Å². The lowest BCUT2D eigenvalue weighted by Gasteiger charge is -2.03. The van der Waals surface area contributed by atoms with Crippen LogP contribution in [-0.2, 0) is 5.33 Å². The minimum absolute atomic E-state index is 0.472. The van der Waals surface area contributed by atoms with Crippen molar-refractivity contribution in [2.24, 2.45) is 0 Å². The molecule has 1 nitrogen and oxygen atoms in total. The van der Waals surface area contributed by atoms with E-state index in [0.29, 0.717) is 15.5 Å². The number of rotatable bonds is 1. The van der Waals surface area contributed by atoms with Crippen LogP contribution in [0.2, 0.25) is 10.2 Å². The van der Waals surface area contributed by atoms with Gasteiger partial charge in [-0.15, -0.1) is 0 Å². The van der Waals surface area contributed by atoms with Crippen molar-refractivity contribution in [3.63, 3.8) is 0 Å². The molecule has 0 bridgehead atoms. The molecule has 0 saturated carbocycles. The Hall–Kier alpha value is 0.210. The van der Waals surface area contributed by atoms with Crippen LogP contribution in [0, 0.1) is 6.92 Å². The third kappa shape index (κ3) is 1.86. The van der Waals surface area contributed by atoms with Crippen molar-refractivity contribution in [2.75, 3.05) is 0 Å². The first-order valence-corrected chi connectivity index (χ1v) is 4.90. The zero-order valence-corrected chi connectivity index (χ0v) is 8.96. The third-order valence-corrected chi connectivity index (χ3v) is 2.91. The second-order valence-electron chi connectivity index (χ2n) is 2.15. The summed E-state index contributed by atoms with van der Waals surface area (Å²) in [4.78, 5) is 3.96. The van der Waals surface area contributed by atoms with Gasteiger partial charge in [-0.25, -0.2) is 4.98 Å². The topological polar surface area (TPSA) is 12.9 Å². The summed E-state index contributed by atoms with van der Waals surface area (Å²) < 4.78 is 0. The first-order chi connectivity index (χ1) is 5.16. The summed E-state index contributed by atoms with van der Waals surface area (Å²) >= 11 is 15.0. The van der Waals surface area contributed by atoms with E-state index in [0.717, 1.165) is 11.1 Å². The molecular formula is C7H6BrCl2N. The van der Waals surface area contributed by atoms with Crippen LogP contribution in [-0.4, -0.2) is 4.98 Å². The molecule has 0 radical (unpaired) electrons. The van der Waals surface area contributed by atoms with E-state index in [1.807, 2.05) is 6.92 Å². The van der Waals surface area contributed by atoms with Crippen molar-refractivity contribution < 1.29 is 0 Å². The maximum Gasteiger partial charge on any atom is 0.133 e. The summed E-state index contributed by atoms with van der Waals surface area (Å²) in [5.41, 5.74) is 1.80. The Morgan fingerprint density at radius 2 is 2.18 bits per heavy atom. The van der Waals surface area contributed by atoms with Crippen LogP contribution in [0.4, 0.5) is 0 Å². The van der Waals surface area contributed by atoms with Crippen LogP contribution < -0.4 is 0 Å². The van der Waals surface area contributed by atoms with E-state index in [-0.39, 0.29) is 0 Å². The van der Waals surface area contributed by atoms with Gasteiger partial charge in [-0.05, 0) is 12.5 Å². The molecule has 0 aliphatic rings. The van der Waals surface area contributed by atoms with Gasteiger partial charge in [-0.3, -0.25) is 0 Å². The van der Waals surface area contributed by atoms with Gasteiger partial charge in [0.05, 0.1) is 5.02 Å². The Morgan fingerprint density at radius 3 is 2.73 bits per heavy atom. The maximum absolute atomic E-state index is 5.94. The first kappa shape index (κ1) is 9.30. The van der Waals surface area contributed by atoms with E-state index in [4.69, 9.17) is 23.2 Å². The Morgan fingerprint density at radius 1 is 1.55 bits per heavy atom. The first-order valence-electron chi connectivity index (χ1n) is 3.02. The quantitative estimate of drug-likeness (QED) is 0.551. The summed E-state index contributed by atoms with van der Waals surface area (Å²) in [6, 6.07) is 0. The van der Waals surface area contributed by atoms with Gasteiger partial charge >= 0.3 is 0 Å². The molecular weight excluding hydrogens is 249 g/mol.